The van der Waals surface area contributed by atoms with Gasteiger partial charge in [-0.2, -0.15) is 4.31 Å². The van der Waals surface area contributed by atoms with Crippen molar-refractivity contribution in [2.75, 3.05) is 13.1 Å². The Morgan fingerprint density at radius 3 is 2.58 bits per heavy atom. The second-order valence-corrected chi connectivity index (χ2v) is 8.78. The molecule has 4 rings (SSSR count). The summed E-state index contributed by atoms with van der Waals surface area (Å²) in [6.07, 6.45) is 3.45. The minimum Gasteiger partial charge on any atom is -0.361 e. The third-order valence-electron chi connectivity index (χ3n) is 5.28. The maximum absolute atomic E-state index is 13.4. The van der Waals surface area contributed by atoms with E-state index in [0.717, 1.165) is 34.9 Å². The van der Waals surface area contributed by atoms with Crippen LogP contribution in [0, 0.1) is 12.7 Å². The number of hydrogen-bond acceptors (Lipinski definition) is 2. The van der Waals surface area contributed by atoms with Crippen molar-refractivity contribution in [3.8, 4) is 0 Å². The highest BCUT2D eigenvalue weighted by molar-refractivity contribution is 7.89. The summed E-state index contributed by atoms with van der Waals surface area (Å²) < 4.78 is 40.8. The number of nitrogens with one attached hydrogen (secondary N) is 1. The molecular formula is C20H21FN2O2S. The van der Waals surface area contributed by atoms with Gasteiger partial charge in [0, 0.05) is 30.2 Å². The summed E-state index contributed by atoms with van der Waals surface area (Å²) in [5, 5.41) is 1.02. The summed E-state index contributed by atoms with van der Waals surface area (Å²) in [5.74, 6) is 0.0163. The van der Waals surface area contributed by atoms with Crippen molar-refractivity contribution in [1.29, 1.82) is 0 Å². The van der Waals surface area contributed by atoms with E-state index in [1.807, 2.05) is 25.3 Å². The number of sulfonamides is 1. The lowest BCUT2D eigenvalue weighted by Crippen LogP contribution is -2.38. The fraction of sp³-hybridized carbons (Fsp3) is 0.300. The van der Waals surface area contributed by atoms with Gasteiger partial charge in [0.05, 0.1) is 4.90 Å². The third kappa shape index (κ3) is 2.93. The first-order valence-corrected chi connectivity index (χ1v) is 10.2. The zero-order chi connectivity index (χ0) is 18.3. The Labute approximate surface area is 152 Å². The lowest BCUT2D eigenvalue weighted by atomic mass is 9.90. The maximum atomic E-state index is 13.4. The number of nitrogens with zero attached hydrogens (tertiary/aromatic N) is 1. The van der Waals surface area contributed by atoms with Crippen molar-refractivity contribution in [3.05, 3.63) is 65.6 Å². The van der Waals surface area contributed by atoms with Crippen LogP contribution in [0.1, 0.15) is 29.9 Å². The number of rotatable bonds is 3. The summed E-state index contributed by atoms with van der Waals surface area (Å²) in [6, 6.07) is 11.9. The Morgan fingerprint density at radius 1 is 1.12 bits per heavy atom. The molecule has 4 nitrogen and oxygen atoms in total. The summed E-state index contributed by atoms with van der Waals surface area (Å²) in [7, 11) is -3.46. The number of aryl methyl sites for hydroxylation is 1. The minimum absolute atomic E-state index is 0.259. The van der Waals surface area contributed by atoms with Gasteiger partial charge in [-0.15, -0.1) is 0 Å². The molecule has 1 fully saturated rings. The molecule has 1 N–H and O–H groups in total. The SMILES string of the molecule is Cc1ccccc1S(=O)(=O)N1CCC(c2c[nH]c3cc(F)ccc23)CC1. The van der Waals surface area contributed by atoms with E-state index in [1.54, 1.807) is 22.5 Å². The van der Waals surface area contributed by atoms with Crippen molar-refractivity contribution in [1.82, 2.24) is 9.29 Å². The van der Waals surface area contributed by atoms with Gasteiger partial charge < -0.3 is 4.98 Å². The second-order valence-electron chi connectivity index (χ2n) is 6.88. The molecule has 0 spiro atoms. The summed E-state index contributed by atoms with van der Waals surface area (Å²) in [4.78, 5) is 3.52. The van der Waals surface area contributed by atoms with E-state index in [9.17, 15) is 12.8 Å². The first-order valence-electron chi connectivity index (χ1n) is 8.79. The van der Waals surface area contributed by atoms with Crippen LogP contribution in [-0.2, 0) is 10.0 Å². The van der Waals surface area contributed by atoms with E-state index < -0.39 is 10.0 Å². The van der Waals surface area contributed by atoms with Gasteiger partial charge in [-0.05, 0) is 61.1 Å². The number of benzene rings is 2. The Kier molecular flexibility index (Phi) is 4.32. The molecule has 0 radical (unpaired) electrons. The summed E-state index contributed by atoms with van der Waals surface area (Å²) in [5.41, 5.74) is 2.70. The molecule has 1 aliphatic heterocycles. The lowest BCUT2D eigenvalue weighted by molar-refractivity contribution is 0.320. The van der Waals surface area contributed by atoms with Gasteiger partial charge in [0.2, 0.25) is 10.0 Å². The number of hydrogen-bond donors (Lipinski definition) is 1. The van der Waals surface area contributed by atoms with Crippen LogP contribution in [0.15, 0.2) is 53.6 Å². The van der Waals surface area contributed by atoms with Crippen molar-refractivity contribution in [3.63, 3.8) is 0 Å². The van der Waals surface area contributed by atoms with Gasteiger partial charge in [-0.1, -0.05) is 18.2 Å². The van der Waals surface area contributed by atoms with Gasteiger partial charge in [0.25, 0.3) is 0 Å². The molecule has 1 aliphatic rings. The van der Waals surface area contributed by atoms with Crippen molar-refractivity contribution >= 4 is 20.9 Å². The van der Waals surface area contributed by atoms with Gasteiger partial charge in [-0.25, -0.2) is 12.8 Å². The van der Waals surface area contributed by atoms with Crippen molar-refractivity contribution in [2.24, 2.45) is 0 Å². The highest BCUT2D eigenvalue weighted by atomic mass is 32.2. The maximum Gasteiger partial charge on any atom is 0.243 e. The van der Waals surface area contributed by atoms with Crippen LogP contribution in [-0.4, -0.2) is 30.8 Å². The lowest BCUT2D eigenvalue weighted by Gasteiger charge is -2.31. The minimum atomic E-state index is -3.46. The average Bonchev–Trinajstić information content (AvgIpc) is 3.05. The highest BCUT2D eigenvalue weighted by Gasteiger charge is 2.31. The van der Waals surface area contributed by atoms with Gasteiger partial charge in [0.15, 0.2) is 0 Å². The standard InChI is InChI=1S/C20H21FN2O2S/c1-14-4-2-3-5-20(14)26(24,25)23-10-8-15(9-11-23)18-13-22-19-12-16(21)6-7-17(18)19/h2-7,12-13,15,22H,8-11H2,1H3. The molecule has 0 bridgehead atoms. The first kappa shape index (κ1) is 17.2. The second kappa shape index (κ2) is 6.52. The zero-order valence-corrected chi connectivity index (χ0v) is 15.4. The number of halogens is 1. The molecule has 26 heavy (non-hydrogen) atoms. The number of aromatic nitrogens is 1. The molecule has 0 amide bonds. The Bertz CT molecular complexity index is 1050. The van der Waals surface area contributed by atoms with Crippen LogP contribution < -0.4 is 0 Å². The monoisotopic (exact) mass is 372 g/mol. The molecule has 0 atom stereocenters. The fourth-order valence-electron chi connectivity index (χ4n) is 3.85. The zero-order valence-electron chi connectivity index (χ0n) is 14.6. The van der Waals surface area contributed by atoms with E-state index in [4.69, 9.17) is 0 Å². The summed E-state index contributed by atoms with van der Waals surface area (Å²) >= 11 is 0. The normalized spacial score (nSPS) is 17.0. The molecule has 2 aromatic carbocycles. The molecule has 0 aliphatic carbocycles. The van der Waals surface area contributed by atoms with Crippen LogP contribution >= 0.6 is 0 Å². The molecule has 1 saturated heterocycles. The number of H-pyrrole nitrogens is 1. The largest absolute Gasteiger partial charge is 0.361 e. The highest BCUT2D eigenvalue weighted by Crippen LogP contribution is 2.35. The Balaban J connectivity index is 1.54. The van der Waals surface area contributed by atoms with E-state index in [0.29, 0.717) is 18.0 Å². The number of aromatic amines is 1. The van der Waals surface area contributed by atoms with E-state index in [2.05, 4.69) is 4.98 Å². The Hall–Kier alpha value is -2.18. The fourth-order valence-corrected chi connectivity index (χ4v) is 5.55. The van der Waals surface area contributed by atoms with Gasteiger partial charge in [-0.3, -0.25) is 0 Å². The quantitative estimate of drug-likeness (QED) is 0.750. The number of piperidine rings is 1. The molecule has 1 aromatic heterocycles. The average molecular weight is 372 g/mol. The molecule has 0 saturated carbocycles. The van der Waals surface area contributed by atoms with Crippen LogP contribution in [0.2, 0.25) is 0 Å². The van der Waals surface area contributed by atoms with Crippen LogP contribution in [0.5, 0.6) is 0 Å². The topological polar surface area (TPSA) is 53.2 Å². The van der Waals surface area contributed by atoms with Crippen LogP contribution in [0.4, 0.5) is 4.39 Å². The van der Waals surface area contributed by atoms with Crippen molar-refractivity contribution in [2.45, 2.75) is 30.6 Å². The van der Waals surface area contributed by atoms with E-state index >= 15 is 0 Å². The van der Waals surface area contributed by atoms with E-state index in [1.165, 1.54) is 12.1 Å². The smallest absolute Gasteiger partial charge is 0.243 e. The van der Waals surface area contributed by atoms with Crippen LogP contribution in [0.25, 0.3) is 10.9 Å². The Morgan fingerprint density at radius 2 is 1.85 bits per heavy atom. The summed E-state index contributed by atoms with van der Waals surface area (Å²) in [6.45, 7) is 2.81. The van der Waals surface area contributed by atoms with Crippen molar-refractivity contribution < 1.29 is 12.8 Å². The predicted octanol–water partition coefficient (Wildman–Crippen LogP) is 4.18. The molecule has 3 aromatic rings. The third-order valence-corrected chi connectivity index (χ3v) is 7.34. The predicted molar refractivity (Wildman–Crippen MR) is 100 cm³/mol. The number of fused-ring (bicyclic) bond motifs is 1. The molecule has 136 valence electrons. The van der Waals surface area contributed by atoms with E-state index in [-0.39, 0.29) is 11.7 Å². The molecule has 0 unspecified atom stereocenters. The van der Waals surface area contributed by atoms with Gasteiger partial charge in [0.1, 0.15) is 5.82 Å². The first-order chi connectivity index (χ1) is 12.5. The van der Waals surface area contributed by atoms with Crippen LogP contribution in [0.3, 0.4) is 0 Å². The molecule has 6 heteroatoms. The molecule has 2 heterocycles. The van der Waals surface area contributed by atoms with Gasteiger partial charge >= 0.3 is 0 Å². The molecular weight excluding hydrogens is 351 g/mol.